The van der Waals surface area contributed by atoms with Gasteiger partial charge in [0, 0.05) is 87.9 Å². The molecule has 2 aliphatic heterocycles. The second-order valence-corrected chi connectivity index (χ2v) is 22.1. The number of hydrogen-bond acceptors (Lipinski definition) is 11. The number of pyridine rings is 2. The maximum atomic E-state index is 12.7. The third-order valence-corrected chi connectivity index (χ3v) is 15.9. The first-order valence-electron chi connectivity index (χ1n) is 29.0. The first-order valence-corrected chi connectivity index (χ1v) is 29.0. The van der Waals surface area contributed by atoms with Gasteiger partial charge in [0.25, 0.3) is 0 Å². The number of nitrogen functional groups attached to an aromatic ring is 1. The molecule has 0 aliphatic carbocycles. The summed E-state index contributed by atoms with van der Waals surface area (Å²) in [7, 11) is 0. The highest BCUT2D eigenvalue weighted by atomic mass is 16.4. The second-order valence-electron chi connectivity index (χ2n) is 22.1. The maximum Gasteiger partial charge on any atom is 0.306 e. The number of aliphatic carboxylic acids is 1. The third kappa shape index (κ3) is 14.1. The van der Waals surface area contributed by atoms with Crippen molar-refractivity contribution in [3.63, 3.8) is 0 Å². The number of benzene rings is 6. The fraction of sp³-hybridized carbons (Fsp3) is 0.222. The first kappa shape index (κ1) is 60.2. The molecule has 87 heavy (non-hydrogen) atoms. The molecule has 15 heteroatoms. The molecule has 0 unspecified atom stereocenters. The van der Waals surface area contributed by atoms with Crippen molar-refractivity contribution in [2.24, 2.45) is 11.8 Å². The highest BCUT2D eigenvalue weighted by molar-refractivity contribution is 5.93. The summed E-state index contributed by atoms with van der Waals surface area (Å²) < 4.78 is 3.65. The maximum absolute atomic E-state index is 12.7. The first-order chi connectivity index (χ1) is 41.5. The molecule has 6 aromatic heterocycles. The number of carboxylic acid groups (broad SMARTS) is 1. The number of nitrogens with two attached hydrogens (primary N) is 1. The number of piperidine rings is 2. The Labute approximate surface area is 508 Å². The van der Waals surface area contributed by atoms with Gasteiger partial charge in [-0.2, -0.15) is 19.2 Å². The zero-order valence-corrected chi connectivity index (χ0v) is 47.7. The Morgan fingerprint density at radius 3 is 1.29 bits per heavy atom. The van der Waals surface area contributed by atoms with Gasteiger partial charge >= 0.3 is 5.97 Å². The monoisotopic (exact) mass is 1150 g/mol. The number of aromatic nitrogens is 8. The number of carbonyl (C=O) groups is 2. The van der Waals surface area contributed by atoms with E-state index in [4.69, 9.17) is 15.7 Å². The molecule has 0 atom stereocenters. The van der Waals surface area contributed by atoms with E-state index in [0.29, 0.717) is 12.8 Å². The standard InChI is InChI=1S/C35H32N6O.C29H27N5O2.C6H7N.2CH4/c1-24-20-32-36-22-29-21-31(26-8-4-2-5-9-26)33(38-34(29)41(32)39-24)27-14-12-25(13-15-27)23-40-18-16-28(17-19-40)35(42)37-30-10-6-3-7-11-30;1-19-15-26-30-17-24-16-25(21-5-3-2-4-6-21)27(31-28(24)34(26)32-19)22-9-7-20(8-10-22)18-33-13-11-23(12-14-33)29(35)36;7-6-4-2-1-3-5-6;;/h2-15,20-22,28H,16-19,23H2,1H3,(H,37,42);2-10,15-17,23H,11-14,18H2,1H3,(H,35,36);1-5H,7H2;2*1H4. The van der Waals surface area contributed by atoms with Crippen LogP contribution in [-0.2, 0) is 22.7 Å². The van der Waals surface area contributed by atoms with E-state index < -0.39 is 5.97 Å². The van der Waals surface area contributed by atoms with Gasteiger partial charge in [-0.25, -0.2) is 19.9 Å². The Bertz CT molecular complexity index is 4260. The number of rotatable bonds is 11. The summed E-state index contributed by atoms with van der Waals surface area (Å²) in [4.78, 5) is 48.2. The van der Waals surface area contributed by atoms with Crippen molar-refractivity contribution < 1.29 is 14.7 Å². The normalized spacial score (nSPS) is 13.9. The third-order valence-electron chi connectivity index (χ3n) is 15.9. The Kier molecular flexibility index (Phi) is 18.9. The number of carboxylic acids is 1. The smallest absolute Gasteiger partial charge is 0.306 e. The lowest BCUT2D eigenvalue weighted by Crippen LogP contribution is -2.37. The lowest BCUT2D eigenvalue weighted by atomic mass is 9.95. The van der Waals surface area contributed by atoms with E-state index in [9.17, 15) is 14.7 Å². The zero-order chi connectivity index (χ0) is 58.2. The van der Waals surface area contributed by atoms with Gasteiger partial charge in [-0.05, 0) is 124 Å². The van der Waals surface area contributed by atoms with Crippen LogP contribution >= 0.6 is 0 Å². The van der Waals surface area contributed by atoms with Gasteiger partial charge in [-0.1, -0.05) is 160 Å². The zero-order valence-electron chi connectivity index (χ0n) is 47.7. The molecule has 440 valence electrons. The molecule has 2 aliphatic rings. The van der Waals surface area contributed by atoms with E-state index in [1.807, 2.05) is 132 Å². The number of para-hydroxylation sites is 2. The minimum Gasteiger partial charge on any atom is -0.481 e. The molecular weight excluding hydrogens is 1080 g/mol. The molecule has 2 saturated heterocycles. The predicted octanol–water partition coefficient (Wildman–Crippen LogP) is 14.5. The highest BCUT2D eigenvalue weighted by Crippen LogP contribution is 2.36. The van der Waals surface area contributed by atoms with Crippen LogP contribution in [0.2, 0.25) is 0 Å². The van der Waals surface area contributed by atoms with Crippen LogP contribution in [0.4, 0.5) is 11.4 Å². The number of nitrogens with zero attached hydrogens (tertiary/aromatic N) is 10. The van der Waals surface area contributed by atoms with Crippen LogP contribution in [-0.4, -0.2) is 92.1 Å². The fourth-order valence-electron chi connectivity index (χ4n) is 11.4. The topological polar surface area (TPSA) is 185 Å². The summed E-state index contributed by atoms with van der Waals surface area (Å²) in [5, 5.41) is 23.5. The van der Waals surface area contributed by atoms with Crippen molar-refractivity contribution in [1.29, 1.82) is 0 Å². The second kappa shape index (κ2) is 27.4. The van der Waals surface area contributed by atoms with Crippen LogP contribution in [0.5, 0.6) is 0 Å². The number of likely N-dealkylation sites (tertiary alicyclic amines) is 2. The predicted molar refractivity (Wildman–Crippen MR) is 351 cm³/mol. The number of amides is 1. The Morgan fingerprint density at radius 2 is 0.897 bits per heavy atom. The molecule has 4 N–H and O–H groups in total. The number of hydrogen-bond donors (Lipinski definition) is 3. The van der Waals surface area contributed by atoms with Crippen LogP contribution in [0, 0.1) is 25.7 Å². The number of fused-ring (bicyclic) bond motifs is 6. The van der Waals surface area contributed by atoms with Crippen LogP contribution in [0.25, 0.3) is 78.1 Å². The molecule has 0 radical (unpaired) electrons. The molecule has 8 heterocycles. The molecule has 6 aromatic carbocycles. The van der Waals surface area contributed by atoms with Gasteiger partial charge in [0.1, 0.15) is 0 Å². The van der Waals surface area contributed by atoms with Gasteiger partial charge < -0.3 is 16.2 Å². The summed E-state index contributed by atoms with van der Waals surface area (Å²) in [5.41, 5.74) is 22.7. The van der Waals surface area contributed by atoms with Crippen molar-refractivity contribution in [3.05, 3.63) is 229 Å². The number of carbonyl (C=O) groups excluding carboxylic acids is 1. The molecule has 0 saturated carbocycles. The summed E-state index contributed by atoms with van der Waals surface area (Å²) >= 11 is 0. The van der Waals surface area contributed by atoms with E-state index in [1.54, 1.807) is 0 Å². The van der Waals surface area contributed by atoms with E-state index in [0.717, 1.165) is 153 Å². The van der Waals surface area contributed by atoms with E-state index in [-0.39, 0.29) is 32.6 Å². The van der Waals surface area contributed by atoms with E-state index in [1.165, 1.54) is 11.1 Å². The fourth-order valence-corrected chi connectivity index (χ4v) is 11.4. The van der Waals surface area contributed by atoms with E-state index in [2.05, 4.69) is 132 Å². The summed E-state index contributed by atoms with van der Waals surface area (Å²) in [6.45, 7) is 9.07. The summed E-state index contributed by atoms with van der Waals surface area (Å²) in [5.74, 6) is -0.700. The van der Waals surface area contributed by atoms with E-state index >= 15 is 0 Å². The van der Waals surface area contributed by atoms with Gasteiger partial charge in [0.05, 0.1) is 28.7 Å². The van der Waals surface area contributed by atoms with Gasteiger partial charge in [0.2, 0.25) is 5.91 Å². The minimum absolute atomic E-state index is 0. The largest absolute Gasteiger partial charge is 0.481 e. The average molecular weight is 1160 g/mol. The minimum atomic E-state index is -0.672. The Morgan fingerprint density at radius 1 is 0.506 bits per heavy atom. The molecule has 2 fully saturated rings. The molecule has 0 bridgehead atoms. The summed E-state index contributed by atoms with van der Waals surface area (Å²) in [6.07, 6.45) is 6.91. The molecule has 0 spiro atoms. The number of aryl methyl sites for hydroxylation is 2. The Balaban J connectivity index is 0.000000171. The Hall–Kier alpha value is -9.96. The summed E-state index contributed by atoms with van der Waals surface area (Å²) in [6, 6.07) is 65.4. The number of anilines is 2. The van der Waals surface area contributed by atoms with Gasteiger partial charge in [0.15, 0.2) is 22.6 Å². The molecule has 15 nitrogen and oxygen atoms in total. The number of nitrogens with one attached hydrogen (secondary N) is 1. The lowest BCUT2D eigenvalue weighted by Gasteiger charge is -2.31. The van der Waals surface area contributed by atoms with Crippen molar-refractivity contribution in [2.75, 3.05) is 37.2 Å². The average Bonchev–Trinajstić information content (AvgIpc) is 2.04. The van der Waals surface area contributed by atoms with Crippen LogP contribution < -0.4 is 11.1 Å². The van der Waals surface area contributed by atoms with Gasteiger partial charge in [-0.15, -0.1) is 0 Å². The molecule has 1 amide bonds. The van der Waals surface area contributed by atoms with Crippen molar-refractivity contribution in [3.8, 4) is 44.8 Å². The van der Waals surface area contributed by atoms with Crippen molar-refractivity contribution in [2.45, 2.75) is 67.5 Å². The molecule has 12 aromatic rings. The van der Waals surface area contributed by atoms with Crippen molar-refractivity contribution in [1.82, 2.24) is 49.0 Å². The highest BCUT2D eigenvalue weighted by Gasteiger charge is 2.27. The van der Waals surface area contributed by atoms with Crippen LogP contribution in [0.15, 0.2) is 207 Å². The lowest BCUT2D eigenvalue weighted by molar-refractivity contribution is -0.143. The SMILES string of the molecule is C.C.Cc1cc2ncc3cc(-c4ccccc4)c(-c4ccc(CN5CCC(C(=O)Nc6ccccc6)CC5)cc4)nc3n2n1.Cc1cc2ncc3cc(-c4ccccc4)c(-c4ccc(CN5CCC(C(=O)O)CC5)cc4)nc3n2n1.Nc1ccccc1. The van der Waals surface area contributed by atoms with Crippen LogP contribution in [0.1, 0.15) is 63.1 Å². The van der Waals surface area contributed by atoms with Crippen molar-refractivity contribution >= 4 is 56.6 Å². The molecule has 14 rings (SSSR count). The van der Waals surface area contributed by atoms with Gasteiger partial charge in [-0.3, -0.25) is 19.4 Å². The van der Waals surface area contributed by atoms with Crippen LogP contribution in [0.3, 0.4) is 0 Å². The quantitative estimate of drug-likeness (QED) is 0.104. The molecular formula is C72H74N12O3.